The van der Waals surface area contributed by atoms with Gasteiger partial charge in [0.05, 0.1) is 6.04 Å². The minimum atomic E-state index is -2.76. The van der Waals surface area contributed by atoms with Gasteiger partial charge in [0.2, 0.25) is 0 Å². The number of alkyl halides is 2. The second kappa shape index (κ2) is 4.21. The van der Waals surface area contributed by atoms with Crippen LogP contribution >= 0.6 is 0 Å². The fraction of sp³-hybridized carbons (Fsp3) is 0.889. The fourth-order valence-corrected chi connectivity index (χ4v) is 1.67. The number of hydrogen-bond donors (Lipinski definition) is 2. The van der Waals surface area contributed by atoms with Gasteiger partial charge in [0.25, 0.3) is 5.92 Å². The maximum atomic E-state index is 13.2. The van der Waals surface area contributed by atoms with Gasteiger partial charge >= 0.3 is 5.97 Å². The van der Waals surface area contributed by atoms with Crippen LogP contribution in [0.25, 0.3) is 0 Å². The largest absolute Gasteiger partial charge is 0.480 e. The zero-order valence-corrected chi connectivity index (χ0v) is 8.09. The molecule has 0 amide bonds. The summed E-state index contributed by atoms with van der Waals surface area (Å²) in [7, 11) is 0. The van der Waals surface area contributed by atoms with Gasteiger partial charge in [-0.05, 0) is 19.8 Å². The molecule has 2 N–H and O–H groups in total. The average molecular weight is 207 g/mol. The molecule has 0 aliphatic heterocycles. The minimum absolute atomic E-state index is 0.142. The van der Waals surface area contributed by atoms with Crippen molar-refractivity contribution in [2.75, 3.05) is 0 Å². The summed E-state index contributed by atoms with van der Waals surface area (Å²) >= 11 is 0. The highest BCUT2D eigenvalue weighted by Crippen LogP contribution is 2.33. The second-order valence-electron chi connectivity index (χ2n) is 3.79. The topological polar surface area (TPSA) is 49.3 Å². The van der Waals surface area contributed by atoms with Gasteiger partial charge in [-0.2, -0.15) is 0 Å². The molecular weight excluding hydrogens is 192 g/mol. The minimum Gasteiger partial charge on any atom is -0.480 e. The monoisotopic (exact) mass is 207 g/mol. The average Bonchev–Trinajstić information content (AvgIpc) is 2.08. The third-order valence-corrected chi connectivity index (χ3v) is 2.58. The highest BCUT2D eigenvalue weighted by molar-refractivity contribution is 5.72. The molecule has 1 aliphatic rings. The molecule has 0 spiro atoms. The van der Waals surface area contributed by atoms with Crippen molar-refractivity contribution < 1.29 is 18.7 Å². The molecule has 1 saturated carbocycles. The molecular formula is C9H15F2NO2. The van der Waals surface area contributed by atoms with Crippen molar-refractivity contribution in [1.29, 1.82) is 0 Å². The van der Waals surface area contributed by atoms with Crippen LogP contribution in [-0.2, 0) is 4.79 Å². The summed E-state index contributed by atoms with van der Waals surface area (Å²) in [6.07, 6.45) is 1.47. The Kier molecular flexibility index (Phi) is 3.42. The Morgan fingerprint density at radius 2 is 2.21 bits per heavy atom. The van der Waals surface area contributed by atoms with E-state index in [4.69, 9.17) is 5.11 Å². The first kappa shape index (κ1) is 11.4. The third-order valence-electron chi connectivity index (χ3n) is 2.58. The highest BCUT2D eigenvalue weighted by Gasteiger charge is 2.42. The number of hydrogen-bond acceptors (Lipinski definition) is 2. The van der Waals surface area contributed by atoms with Crippen LogP contribution in [0.4, 0.5) is 8.78 Å². The first-order chi connectivity index (χ1) is 6.43. The lowest BCUT2D eigenvalue weighted by Crippen LogP contribution is -2.52. The van der Waals surface area contributed by atoms with E-state index in [9.17, 15) is 13.6 Å². The number of aliphatic carboxylic acids is 1. The maximum absolute atomic E-state index is 13.2. The van der Waals surface area contributed by atoms with Crippen LogP contribution in [0.2, 0.25) is 0 Å². The molecule has 5 heteroatoms. The van der Waals surface area contributed by atoms with Crippen molar-refractivity contribution in [3.63, 3.8) is 0 Å². The van der Waals surface area contributed by atoms with Crippen LogP contribution in [0, 0.1) is 0 Å². The van der Waals surface area contributed by atoms with Crippen LogP contribution in [0.15, 0.2) is 0 Å². The Morgan fingerprint density at radius 3 is 2.71 bits per heavy atom. The van der Waals surface area contributed by atoms with Gasteiger partial charge in [-0.15, -0.1) is 0 Å². The van der Waals surface area contributed by atoms with Crippen LogP contribution in [0.1, 0.15) is 32.6 Å². The highest BCUT2D eigenvalue weighted by atomic mass is 19.3. The van der Waals surface area contributed by atoms with E-state index in [1.807, 2.05) is 0 Å². The lowest BCUT2D eigenvalue weighted by atomic mass is 9.91. The molecule has 82 valence electrons. The van der Waals surface area contributed by atoms with Gasteiger partial charge in [-0.1, -0.05) is 6.42 Å². The molecule has 0 aromatic heterocycles. The fourth-order valence-electron chi connectivity index (χ4n) is 1.67. The standard InChI is InChI=1S/C9H15F2NO2/c1-6(8(13)14)12-7-4-2-3-5-9(7,10)11/h6-7,12H,2-5H2,1H3,(H,13,14). The number of halogens is 2. The molecule has 0 aromatic carbocycles. The van der Waals surface area contributed by atoms with Crippen molar-refractivity contribution in [1.82, 2.24) is 5.32 Å². The normalized spacial score (nSPS) is 28.4. The Bertz CT molecular complexity index is 221. The van der Waals surface area contributed by atoms with Gasteiger partial charge in [-0.3, -0.25) is 10.1 Å². The lowest BCUT2D eigenvalue weighted by Gasteiger charge is -2.33. The smallest absolute Gasteiger partial charge is 0.320 e. The van der Waals surface area contributed by atoms with Crippen molar-refractivity contribution in [2.45, 2.75) is 50.6 Å². The quantitative estimate of drug-likeness (QED) is 0.739. The van der Waals surface area contributed by atoms with Gasteiger partial charge in [0.15, 0.2) is 0 Å². The molecule has 1 aliphatic carbocycles. The van der Waals surface area contributed by atoms with E-state index in [0.717, 1.165) is 6.42 Å². The third kappa shape index (κ3) is 2.64. The van der Waals surface area contributed by atoms with E-state index in [-0.39, 0.29) is 6.42 Å². The number of rotatable bonds is 3. The SMILES string of the molecule is CC(NC1CCCCC1(F)F)C(=O)O. The van der Waals surface area contributed by atoms with E-state index in [2.05, 4.69) is 5.32 Å². The molecule has 2 unspecified atom stereocenters. The summed E-state index contributed by atoms with van der Waals surface area (Å²) in [6, 6.07) is -1.90. The molecule has 0 aromatic rings. The second-order valence-corrected chi connectivity index (χ2v) is 3.79. The molecule has 0 radical (unpaired) electrons. The maximum Gasteiger partial charge on any atom is 0.320 e. The zero-order valence-electron chi connectivity index (χ0n) is 8.09. The molecule has 14 heavy (non-hydrogen) atoms. The lowest BCUT2D eigenvalue weighted by molar-refractivity contribution is -0.140. The van der Waals surface area contributed by atoms with Gasteiger partial charge in [-0.25, -0.2) is 8.78 Å². The van der Waals surface area contributed by atoms with Crippen molar-refractivity contribution in [2.24, 2.45) is 0 Å². The summed E-state index contributed by atoms with van der Waals surface area (Å²) in [4.78, 5) is 10.5. The Morgan fingerprint density at radius 1 is 1.57 bits per heavy atom. The van der Waals surface area contributed by atoms with Crippen molar-refractivity contribution >= 4 is 5.97 Å². The Hall–Kier alpha value is -0.710. The first-order valence-corrected chi connectivity index (χ1v) is 4.80. The Labute approximate surface area is 81.5 Å². The van der Waals surface area contributed by atoms with E-state index in [0.29, 0.717) is 12.8 Å². The molecule has 2 atom stereocenters. The van der Waals surface area contributed by atoms with Crippen molar-refractivity contribution in [3.8, 4) is 0 Å². The molecule has 0 saturated heterocycles. The molecule has 0 heterocycles. The van der Waals surface area contributed by atoms with E-state index in [1.165, 1.54) is 6.92 Å². The number of carboxylic acids is 1. The summed E-state index contributed by atoms with van der Waals surface area (Å²) in [5.74, 6) is -3.85. The summed E-state index contributed by atoms with van der Waals surface area (Å²) in [6.45, 7) is 1.38. The number of carbonyl (C=O) groups is 1. The van der Waals surface area contributed by atoms with Crippen LogP contribution in [-0.4, -0.2) is 29.1 Å². The van der Waals surface area contributed by atoms with Crippen LogP contribution in [0.5, 0.6) is 0 Å². The molecule has 1 rings (SSSR count). The summed E-state index contributed by atoms with van der Waals surface area (Å²) < 4.78 is 26.5. The van der Waals surface area contributed by atoms with E-state index >= 15 is 0 Å². The first-order valence-electron chi connectivity index (χ1n) is 4.80. The number of nitrogens with one attached hydrogen (secondary N) is 1. The van der Waals surface area contributed by atoms with Crippen LogP contribution < -0.4 is 5.32 Å². The summed E-state index contributed by atoms with van der Waals surface area (Å²) in [5.41, 5.74) is 0. The number of carboxylic acid groups (broad SMARTS) is 1. The van der Waals surface area contributed by atoms with Gasteiger partial charge in [0.1, 0.15) is 6.04 Å². The van der Waals surface area contributed by atoms with E-state index < -0.39 is 24.0 Å². The zero-order chi connectivity index (χ0) is 10.8. The van der Waals surface area contributed by atoms with Crippen LogP contribution in [0.3, 0.4) is 0 Å². The van der Waals surface area contributed by atoms with Crippen molar-refractivity contribution in [3.05, 3.63) is 0 Å². The predicted octanol–water partition coefficient (Wildman–Crippen LogP) is 1.63. The molecule has 1 fully saturated rings. The van der Waals surface area contributed by atoms with Gasteiger partial charge < -0.3 is 5.11 Å². The van der Waals surface area contributed by atoms with E-state index in [1.54, 1.807) is 0 Å². The summed E-state index contributed by atoms with van der Waals surface area (Å²) in [5, 5.41) is 11.0. The molecule has 0 bridgehead atoms. The predicted molar refractivity (Wildman–Crippen MR) is 47.4 cm³/mol. The Balaban J connectivity index is 2.53. The van der Waals surface area contributed by atoms with Gasteiger partial charge in [0, 0.05) is 6.42 Å². The molecule has 3 nitrogen and oxygen atoms in total.